The number of hydrogen-bond acceptors (Lipinski definition) is 2. The minimum absolute atomic E-state index is 0.00575. The summed E-state index contributed by atoms with van der Waals surface area (Å²) in [7, 11) is 0. The van der Waals surface area contributed by atoms with E-state index in [1.807, 2.05) is 18.7 Å². The second-order valence-corrected chi connectivity index (χ2v) is 7.59. The molecule has 1 rings (SSSR count). The van der Waals surface area contributed by atoms with Gasteiger partial charge in [0.15, 0.2) is 0 Å². The zero-order chi connectivity index (χ0) is 16.3. The topological polar surface area (TPSA) is 49.4 Å². The fourth-order valence-corrected chi connectivity index (χ4v) is 2.82. The van der Waals surface area contributed by atoms with Crippen LogP contribution < -0.4 is 5.32 Å². The summed E-state index contributed by atoms with van der Waals surface area (Å²) in [5.41, 5.74) is 0. The second kappa shape index (κ2) is 7.28. The Hall–Kier alpha value is -1.06. The van der Waals surface area contributed by atoms with Crippen LogP contribution in [-0.2, 0) is 9.59 Å². The van der Waals surface area contributed by atoms with Gasteiger partial charge in [0.25, 0.3) is 0 Å². The number of carbonyl (C=O) groups excluding carboxylic acids is 2. The Kier molecular flexibility index (Phi) is 6.24. The van der Waals surface area contributed by atoms with Crippen LogP contribution in [0.2, 0.25) is 0 Å². The summed E-state index contributed by atoms with van der Waals surface area (Å²) in [6.45, 7) is 15.3. The van der Waals surface area contributed by atoms with E-state index >= 15 is 0 Å². The predicted molar refractivity (Wildman–Crippen MR) is 85.7 cm³/mol. The fourth-order valence-electron chi connectivity index (χ4n) is 2.82. The molecule has 1 heterocycles. The molecule has 0 aromatic rings. The molecule has 2 amide bonds. The molecule has 3 atom stereocenters. The molecule has 1 N–H and O–H groups in total. The molecular formula is C17H32N2O2. The summed E-state index contributed by atoms with van der Waals surface area (Å²) in [4.78, 5) is 27.1. The van der Waals surface area contributed by atoms with Crippen LogP contribution in [0.25, 0.3) is 0 Å². The van der Waals surface area contributed by atoms with Crippen molar-refractivity contribution in [1.82, 2.24) is 10.2 Å². The smallest absolute Gasteiger partial charge is 0.245 e. The summed E-state index contributed by atoms with van der Waals surface area (Å²) in [6.07, 6.45) is 0.710. The van der Waals surface area contributed by atoms with Crippen LogP contribution in [0.4, 0.5) is 0 Å². The van der Waals surface area contributed by atoms with Crippen molar-refractivity contribution in [3.8, 4) is 0 Å². The Morgan fingerprint density at radius 2 is 1.62 bits per heavy atom. The summed E-state index contributed by atoms with van der Waals surface area (Å²) >= 11 is 0. The van der Waals surface area contributed by atoms with Crippen LogP contribution in [-0.4, -0.2) is 35.3 Å². The predicted octanol–water partition coefficient (Wildman–Crippen LogP) is 2.68. The molecule has 4 heteroatoms. The largest absolute Gasteiger partial charge is 0.342 e. The third-order valence-electron chi connectivity index (χ3n) is 4.46. The van der Waals surface area contributed by atoms with Gasteiger partial charge in [-0.3, -0.25) is 9.59 Å². The van der Waals surface area contributed by atoms with Gasteiger partial charge in [0.2, 0.25) is 11.8 Å². The van der Waals surface area contributed by atoms with E-state index in [4.69, 9.17) is 0 Å². The number of nitrogens with zero attached hydrogens (tertiary/aromatic N) is 1. The van der Waals surface area contributed by atoms with Crippen molar-refractivity contribution in [1.29, 1.82) is 0 Å². The molecule has 0 bridgehead atoms. The van der Waals surface area contributed by atoms with E-state index in [0.29, 0.717) is 30.7 Å². The molecular weight excluding hydrogens is 264 g/mol. The van der Waals surface area contributed by atoms with E-state index in [1.54, 1.807) is 0 Å². The van der Waals surface area contributed by atoms with Gasteiger partial charge in [-0.15, -0.1) is 0 Å². The van der Waals surface area contributed by atoms with Crippen molar-refractivity contribution in [3.05, 3.63) is 0 Å². The van der Waals surface area contributed by atoms with Crippen molar-refractivity contribution in [3.63, 3.8) is 0 Å². The lowest BCUT2D eigenvalue weighted by molar-refractivity contribution is -0.152. The van der Waals surface area contributed by atoms with E-state index in [2.05, 4.69) is 39.9 Å². The Balaban J connectivity index is 2.97. The molecule has 0 saturated carbocycles. The number of nitrogens with one attached hydrogen (secondary N) is 1. The maximum absolute atomic E-state index is 12.8. The van der Waals surface area contributed by atoms with Gasteiger partial charge in [-0.25, -0.2) is 0 Å². The average molecular weight is 296 g/mol. The quantitative estimate of drug-likeness (QED) is 0.819. The SMILES string of the molecule is CC(C)CC1NC(=O)C(C(C)C)N(CC(C)C(C)C)C1=O. The highest BCUT2D eigenvalue weighted by molar-refractivity contribution is 5.97. The number of hydrogen-bond donors (Lipinski definition) is 1. The lowest BCUT2D eigenvalue weighted by Crippen LogP contribution is -2.65. The van der Waals surface area contributed by atoms with E-state index in [0.717, 1.165) is 0 Å². The second-order valence-electron chi connectivity index (χ2n) is 7.59. The van der Waals surface area contributed by atoms with Crippen molar-refractivity contribution in [2.45, 2.75) is 67.0 Å². The molecule has 1 saturated heterocycles. The van der Waals surface area contributed by atoms with E-state index in [1.165, 1.54) is 0 Å². The number of amides is 2. The minimum Gasteiger partial charge on any atom is -0.342 e. The monoisotopic (exact) mass is 296 g/mol. The maximum atomic E-state index is 12.8. The molecule has 21 heavy (non-hydrogen) atoms. The summed E-state index contributed by atoms with van der Waals surface area (Å²) < 4.78 is 0. The lowest BCUT2D eigenvalue weighted by atomic mass is 9.90. The van der Waals surface area contributed by atoms with Gasteiger partial charge in [-0.05, 0) is 30.1 Å². The van der Waals surface area contributed by atoms with Crippen molar-refractivity contribution >= 4 is 11.8 Å². The highest BCUT2D eigenvalue weighted by Crippen LogP contribution is 2.23. The number of rotatable bonds is 6. The van der Waals surface area contributed by atoms with Gasteiger partial charge in [-0.2, -0.15) is 0 Å². The zero-order valence-electron chi connectivity index (χ0n) is 14.6. The molecule has 0 radical (unpaired) electrons. The molecule has 0 spiro atoms. The van der Waals surface area contributed by atoms with Gasteiger partial charge in [0.1, 0.15) is 12.1 Å². The van der Waals surface area contributed by atoms with Crippen LogP contribution in [0.1, 0.15) is 54.9 Å². The first kappa shape index (κ1) is 18.0. The highest BCUT2D eigenvalue weighted by Gasteiger charge is 2.42. The summed E-state index contributed by atoms with van der Waals surface area (Å²) in [6, 6.07) is -0.686. The molecule has 0 aromatic carbocycles. The molecule has 1 aliphatic heterocycles. The van der Waals surface area contributed by atoms with Gasteiger partial charge in [0, 0.05) is 6.54 Å². The molecule has 3 unspecified atom stereocenters. The molecule has 1 aliphatic rings. The summed E-state index contributed by atoms with van der Waals surface area (Å²) in [5, 5.41) is 2.93. The third kappa shape index (κ3) is 4.45. The zero-order valence-corrected chi connectivity index (χ0v) is 14.6. The molecule has 4 nitrogen and oxygen atoms in total. The lowest BCUT2D eigenvalue weighted by Gasteiger charge is -2.42. The normalized spacial score (nSPS) is 25.0. The van der Waals surface area contributed by atoms with Gasteiger partial charge in [0.05, 0.1) is 0 Å². The number of piperazine rings is 1. The molecule has 1 fully saturated rings. The van der Waals surface area contributed by atoms with Crippen LogP contribution in [0, 0.1) is 23.7 Å². The van der Waals surface area contributed by atoms with Crippen molar-refractivity contribution < 1.29 is 9.59 Å². The van der Waals surface area contributed by atoms with E-state index in [-0.39, 0.29) is 29.8 Å². The van der Waals surface area contributed by atoms with Crippen LogP contribution in [0.3, 0.4) is 0 Å². The first-order valence-corrected chi connectivity index (χ1v) is 8.26. The maximum Gasteiger partial charge on any atom is 0.245 e. The standard InChI is InChI=1S/C17H32N2O2/c1-10(2)8-14-17(21)19(9-13(7)11(3)4)15(12(5)6)16(20)18-14/h10-15H,8-9H2,1-7H3,(H,18,20). The first-order chi connectivity index (χ1) is 9.65. The average Bonchev–Trinajstić information content (AvgIpc) is 2.33. The van der Waals surface area contributed by atoms with Crippen LogP contribution >= 0.6 is 0 Å². The highest BCUT2D eigenvalue weighted by atomic mass is 16.2. The third-order valence-corrected chi connectivity index (χ3v) is 4.46. The summed E-state index contributed by atoms with van der Waals surface area (Å²) in [5.74, 6) is 1.51. The fraction of sp³-hybridized carbons (Fsp3) is 0.882. The van der Waals surface area contributed by atoms with E-state index in [9.17, 15) is 9.59 Å². The Labute approximate surface area is 129 Å². The number of carbonyl (C=O) groups is 2. The van der Waals surface area contributed by atoms with Gasteiger partial charge < -0.3 is 10.2 Å². The van der Waals surface area contributed by atoms with Crippen molar-refractivity contribution in [2.24, 2.45) is 23.7 Å². The molecule has 0 aromatic heterocycles. The first-order valence-electron chi connectivity index (χ1n) is 8.26. The van der Waals surface area contributed by atoms with Gasteiger partial charge in [-0.1, -0.05) is 48.5 Å². The Bertz CT molecular complexity index is 377. The molecule has 0 aliphatic carbocycles. The Morgan fingerprint density at radius 1 is 1.05 bits per heavy atom. The van der Waals surface area contributed by atoms with Gasteiger partial charge >= 0.3 is 0 Å². The van der Waals surface area contributed by atoms with E-state index < -0.39 is 0 Å². The Morgan fingerprint density at radius 3 is 2.05 bits per heavy atom. The molecule has 122 valence electrons. The van der Waals surface area contributed by atoms with Crippen molar-refractivity contribution in [2.75, 3.05) is 6.54 Å². The van der Waals surface area contributed by atoms with Crippen LogP contribution in [0.15, 0.2) is 0 Å². The minimum atomic E-state index is -0.355. The van der Waals surface area contributed by atoms with Crippen LogP contribution in [0.5, 0.6) is 0 Å².